The van der Waals surface area contributed by atoms with Crippen LogP contribution in [0.4, 0.5) is 0 Å². The second-order valence-corrected chi connectivity index (χ2v) is 10.7. The van der Waals surface area contributed by atoms with Crippen molar-refractivity contribution in [3.8, 4) is 11.8 Å². The molecule has 0 saturated carbocycles. The summed E-state index contributed by atoms with van der Waals surface area (Å²) < 4.78 is 0. The number of carboxylic acid groups (broad SMARTS) is 1. The number of carboxylic acids is 1. The Hall–Kier alpha value is -2.53. The minimum Gasteiger partial charge on any atom is -0.478 e. The van der Waals surface area contributed by atoms with E-state index >= 15 is 0 Å². The van der Waals surface area contributed by atoms with Crippen molar-refractivity contribution in [3.05, 3.63) is 69.8 Å². The van der Waals surface area contributed by atoms with E-state index in [1.807, 2.05) is 19.1 Å². The van der Waals surface area contributed by atoms with E-state index in [-0.39, 0.29) is 16.7 Å². The molecule has 0 heterocycles. The van der Waals surface area contributed by atoms with Crippen LogP contribution in [0.1, 0.15) is 117 Å². The van der Waals surface area contributed by atoms with Crippen molar-refractivity contribution in [2.75, 3.05) is 0 Å². The zero-order valence-corrected chi connectivity index (χ0v) is 20.6. The predicted molar refractivity (Wildman–Crippen MR) is 134 cm³/mol. The average Bonchev–Trinajstić information content (AvgIpc) is 2.73. The van der Waals surface area contributed by atoms with Gasteiger partial charge in [-0.2, -0.15) is 0 Å². The van der Waals surface area contributed by atoms with Crippen LogP contribution < -0.4 is 0 Å². The van der Waals surface area contributed by atoms with Crippen molar-refractivity contribution in [2.45, 2.75) is 96.8 Å². The van der Waals surface area contributed by atoms with Crippen LogP contribution in [0, 0.1) is 18.8 Å². The molecule has 2 heteroatoms. The van der Waals surface area contributed by atoms with E-state index < -0.39 is 5.97 Å². The van der Waals surface area contributed by atoms with Crippen LogP contribution in [0.3, 0.4) is 0 Å². The Morgan fingerprint density at radius 2 is 1.69 bits per heavy atom. The number of hydrogen-bond donors (Lipinski definition) is 1. The summed E-state index contributed by atoms with van der Waals surface area (Å²) in [6, 6.07) is 12.5. The van der Waals surface area contributed by atoms with Gasteiger partial charge in [-0.05, 0) is 77.5 Å². The van der Waals surface area contributed by atoms with Gasteiger partial charge in [0.1, 0.15) is 0 Å². The highest BCUT2D eigenvalue weighted by Gasteiger charge is 2.37. The summed E-state index contributed by atoms with van der Waals surface area (Å²) in [7, 11) is 0. The van der Waals surface area contributed by atoms with Crippen LogP contribution in [0.2, 0.25) is 0 Å². The molecule has 0 spiro atoms. The molecule has 1 unspecified atom stereocenters. The number of hydrogen-bond acceptors (Lipinski definition) is 1. The number of aryl methyl sites for hydroxylation is 1. The van der Waals surface area contributed by atoms with E-state index in [0.29, 0.717) is 5.56 Å². The van der Waals surface area contributed by atoms with Gasteiger partial charge in [-0.3, -0.25) is 0 Å². The third-order valence-electron chi connectivity index (χ3n) is 7.22. The number of carbonyl (C=O) groups is 1. The Labute approximate surface area is 194 Å². The van der Waals surface area contributed by atoms with Crippen LogP contribution in [0.15, 0.2) is 36.4 Å². The zero-order valence-electron chi connectivity index (χ0n) is 20.6. The Morgan fingerprint density at radius 3 is 2.31 bits per heavy atom. The Balaban J connectivity index is 1.98. The minimum atomic E-state index is -0.890. The summed E-state index contributed by atoms with van der Waals surface area (Å²) in [6.07, 6.45) is 7.06. The molecule has 170 valence electrons. The van der Waals surface area contributed by atoms with Gasteiger partial charge in [0, 0.05) is 11.5 Å². The number of fused-ring (bicyclic) bond motifs is 1. The largest absolute Gasteiger partial charge is 0.478 e. The molecule has 2 aromatic carbocycles. The molecule has 3 rings (SSSR count). The van der Waals surface area contributed by atoms with E-state index in [1.54, 1.807) is 6.07 Å². The highest BCUT2D eigenvalue weighted by atomic mass is 16.4. The first kappa shape index (κ1) is 24.1. The lowest BCUT2D eigenvalue weighted by Crippen LogP contribution is -2.34. The zero-order chi connectivity index (χ0) is 23.5. The lowest BCUT2D eigenvalue weighted by molar-refractivity contribution is 0.0696. The maximum absolute atomic E-state index is 11.3. The van der Waals surface area contributed by atoms with Crippen LogP contribution in [-0.4, -0.2) is 11.1 Å². The number of rotatable bonds is 6. The molecule has 1 aliphatic rings. The molecule has 0 saturated heterocycles. The number of unbranched alkanes of at least 4 members (excludes halogenated alkanes) is 2. The summed E-state index contributed by atoms with van der Waals surface area (Å²) in [6.45, 7) is 13.5. The summed E-state index contributed by atoms with van der Waals surface area (Å²) in [5, 5.41) is 9.28. The second-order valence-electron chi connectivity index (χ2n) is 10.7. The van der Waals surface area contributed by atoms with Gasteiger partial charge < -0.3 is 5.11 Å². The van der Waals surface area contributed by atoms with Gasteiger partial charge in [-0.15, -0.1) is 0 Å². The second kappa shape index (κ2) is 9.53. The normalized spacial score (nSPS) is 17.1. The van der Waals surface area contributed by atoms with Gasteiger partial charge in [-0.1, -0.05) is 83.9 Å². The van der Waals surface area contributed by atoms with Crippen molar-refractivity contribution in [1.82, 2.24) is 0 Å². The first-order valence-electron chi connectivity index (χ1n) is 12.1. The van der Waals surface area contributed by atoms with Crippen molar-refractivity contribution in [1.29, 1.82) is 0 Å². The van der Waals surface area contributed by atoms with E-state index in [9.17, 15) is 9.90 Å². The minimum absolute atomic E-state index is 0.187. The quantitative estimate of drug-likeness (QED) is 0.375. The molecular weight excluding hydrogens is 392 g/mol. The van der Waals surface area contributed by atoms with Crippen molar-refractivity contribution < 1.29 is 9.90 Å². The lowest BCUT2D eigenvalue weighted by atomic mass is 9.62. The molecule has 32 heavy (non-hydrogen) atoms. The van der Waals surface area contributed by atoms with E-state index in [1.165, 1.54) is 48.8 Å². The van der Waals surface area contributed by atoms with Crippen molar-refractivity contribution >= 4 is 5.97 Å². The fraction of sp³-hybridized carbons (Fsp3) is 0.500. The van der Waals surface area contributed by atoms with E-state index in [2.05, 4.69) is 64.7 Å². The molecule has 0 radical (unpaired) electrons. The Bertz CT molecular complexity index is 1050. The fourth-order valence-corrected chi connectivity index (χ4v) is 4.90. The summed E-state index contributed by atoms with van der Waals surface area (Å²) in [5.74, 6) is 6.19. The maximum atomic E-state index is 11.3. The molecule has 0 fully saturated rings. The molecule has 1 aliphatic carbocycles. The summed E-state index contributed by atoms with van der Waals surface area (Å²) in [5.41, 5.74) is 6.67. The smallest absolute Gasteiger partial charge is 0.335 e. The molecule has 0 amide bonds. The maximum Gasteiger partial charge on any atom is 0.335 e. The van der Waals surface area contributed by atoms with Gasteiger partial charge in [0.05, 0.1) is 5.56 Å². The molecule has 2 aromatic rings. The van der Waals surface area contributed by atoms with Gasteiger partial charge in [-0.25, -0.2) is 4.79 Å². The SMILES string of the molecule is CCCCCC(C#Cc1ccc(C(=O)O)c(C)c1)c1ccc2c(c1)C(C)(C)CCC2(C)C. The molecular formula is C30H38O2. The van der Waals surface area contributed by atoms with E-state index in [0.717, 1.165) is 17.5 Å². The molecule has 2 nitrogen and oxygen atoms in total. The predicted octanol–water partition coefficient (Wildman–Crippen LogP) is 7.76. The molecule has 0 aliphatic heterocycles. The van der Waals surface area contributed by atoms with Gasteiger partial charge >= 0.3 is 5.97 Å². The number of benzene rings is 2. The van der Waals surface area contributed by atoms with Crippen LogP contribution >= 0.6 is 0 Å². The van der Waals surface area contributed by atoms with Crippen LogP contribution in [0.25, 0.3) is 0 Å². The molecule has 0 aromatic heterocycles. The van der Waals surface area contributed by atoms with Gasteiger partial charge in [0.25, 0.3) is 0 Å². The summed E-state index contributed by atoms with van der Waals surface area (Å²) in [4.78, 5) is 11.3. The van der Waals surface area contributed by atoms with Gasteiger partial charge in [0.15, 0.2) is 0 Å². The van der Waals surface area contributed by atoms with Gasteiger partial charge in [0.2, 0.25) is 0 Å². The summed E-state index contributed by atoms with van der Waals surface area (Å²) >= 11 is 0. The third-order valence-corrected chi connectivity index (χ3v) is 7.22. The molecule has 0 bridgehead atoms. The first-order valence-corrected chi connectivity index (χ1v) is 12.1. The monoisotopic (exact) mass is 430 g/mol. The molecule has 1 N–H and O–H groups in total. The molecule has 1 atom stereocenters. The topological polar surface area (TPSA) is 37.3 Å². The standard InChI is InChI=1S/C30H38O2/c1-7-8-9-10-23(13-11-22-12-15-25(28(31)32)21(2)19-22)24-14-16-26-27(20-24)30(5,6)18-17-29(26,3)4/h12,14-16,19-20,23H,7-10,17-18H2,1-6H3,(H,31,32). The van der Waals surface area contributed by atoms with Crippen LogP contribution in [0.5, 0.6) is 0 Å². The third kappa shape index (κ3) is 5.26. The lowest BCUT2D eigenvalue weighted by Gasteiger charge is -2.42. The number of aromatic carboxylic acids is 1. The Kier molecular flexibility index (Phi) is 7.19. The highest BCUT2D eigenvalue weighted by Crippen LogP contribution is 2.46. The van der Waals surface area contributed by atoms with Crippen LogP contribution in [-0.2, 0) is 10.8 Å². The average molecular weight is 431 g/mol. The van der Waals surface area contributed by atoms with Crippen molar-refractivity contribution in [3.63, 3.8) is 0 Å². The van der Waals surface area contributed by atoms with Crippen molar-refractivity contribution in [2.24, 2.45) is 0 Å². The van der Waals surface area contributed by atoms with E-state index in [4.69, 9.17) is 0 Å². The Morgan fingerprint density at radius 1 is 1.00 bits per heavy atom. The fourth-order valence-electron chi connectivity index (χ4n) is 4.90. The first-order chi connectivity index (χ1) is 15.0. The highest BCUT2D eigenvalue weighted by molar-refractivity contribution is 5.89.